The van der Waals surface area contributed by atoms with E-state index in [2.05, 4.69) is 0 Å². The Labute approximate surface area is 135 Å². The van der Waals surface area contributed by atoms with E-state index in [4.69, 9.17) is 10.5 Å². The number of amides is 1. The van der Waals surface area contributed by atoms with Crippen molar-refractivity contribution in [1.29, 1.82) is 0 Å². The zero-order valence-electron chi connectivity index (χ0n) is 11.9. The first kappa shape index (κ1) is 18.1. The lowest BCUT2D eigenvalue weighted by molar-refractivity contribution is -0.385. The molecule has 0 aromatic heterocycles. The number of hydrogen-bond acceptors (Lipinski definition) is 4. The third-order valence-corrected chi connectivity index (χ3v) is 2.98. The average Bonchev–Trinajstić information content (AvgIpc) is 2.49. The van der Waals surface area contributed by atoms with Crippen LogP contribution in [0.25, 0.3) is 0 Å². The second kappa shape index (κ2) is 6.34. The largest absolute Gasteiger partial charge is 0.451 e. The third kappa shape index (κ3) is 3.82. The van der Waals surface area contributed by atoms with Gasteiger partial charge in [0.25, 0.3) is 11.6 Å². The first-order chi connectivity index (χ1) is 11.5. The minimum atomic E-state index is -4.97. The second-order valence-electron chi connectivity index (χ2n) is 4.67. The van der Waals surface area contributed by atoms with Gasteiger partial charge in [-0.25, -0.2) is 8.78 Å². The number of ether oxygens (including phenoxy) is 1. The van der Waals surface area contributed by atoms with Crippen LogP contribution in [0.3, 0.4) is 0 Å². The lowest BCUT2D eigenvalue weighted by Gasteiger charge is -2.12. The lowest BCUT2D eigenvalue weighted by Crippen LogP contribution is -2.13. The quantitative estimate of drug-likeness (QED) is 0.509. The number of nitrogens with two attached hydrogens (primary N) is 1. The molecule has 2 rings (SSSR count). The van der Waals surface area contributed by atoms with E-state index in [-0.39, 0.29) is 12.1 Å². The van der Waals surface area contributed by atoms with Crippen LogP contribution in [-0.2, 0) is 6.18 Å². The molecule has 0 heterocycles. The molecule has 0 aliphatic rings. The second-order valence-corrected chi connectivity index (χ2v) is 4.67. The maximum absolute atomic E-state index is 13.7. The zero-order chi connectivity index (χ0) is 18.9. The Morgan fingerprint density at radius 3 is 2.12 bits per heavy atom. The molecule has 0 bridgehead atoms. The molecule has 132 valence electrons. The van der Waals surface area contributed by atoms with Crippen molar-refractivity contribution in [1.82, 2.24) is 0 Å². The smallest absolute Gasteiger partial charge is 0.416 e. The molecule has 0 radical (unpaired) electrons. The van der Waals surface area contributed by atoms with Gasteiger partial charge in [0.2, 0.25) is 0 Å². The molecule has 1 amide bonds. The van der Waals surface area contributed by atoms with Crippen LogP contribution in [0.4, 0.5) is 27.6 Å². The number of primary amides is 1. The van der Waals surface area contributed by atoms with Crippen LogP contribution in [0.2, 0.25) is 0 Å². The first-order valence-electron chi connectivity index (χ1n) is 6.33. The van der Waals surface area contributed by atoms with E-state index >= 15 is 0 Å². The molecule has 2 N–H and O–H groups in total. The molecule has 0 saturated carbocycles. The highest BCUT2D eigenvalue weighted by molar-refractivity contribution is 5.97. The minimum absolute atomic E-state index is 0.0266. The van der Waals surface area contributed by atoms with Gasteiger partial charge >= 0.3 is 6.18 Å². The van der Waals surface area contributed by atoms with Crippen molar-refractivity contribution in [2.75, 3.05) is 0 Å². The topological polar surface area (TPSA) is 95.5 Å². The molecule has 25 heavy (non-hydrogen) atoms. The Balaban J connectivity index is 2.45. The lowest BCUT2D eigenvalue weighted by atomic mass is 10.1. The SMILES string of the molecule is NC(=O)c1cc(Oc2c(F)cc(C(F)(F)F)cc2F)ccc1[N+](=O)[O-]. The fourth-order valence-electron chi connectivity index (χ4n) is 1.87. The highest BCUT2D eigenvalue weighted by Crippen LogP contribution is 2.36. The van der Waals surface area contributed by atoms with E-state index in [0.29, 0.717) is 0 Å². The highest BCUT2D eigenvalue weighted by atomic mass is 19.4. The molecule has 0 unspecified atom stereocenters. The minimum Gasteiger partial charge on any atom is -0.451 e. The monoisotopic (exact) mass is 362 g/mol. The predicted molar refractivity (Wildman–Crippen MR) is 73.0 cm³/mol. The van der Waals surface area contributed by atoms with Crippen LogP contribution in [0.1, 0.15) is 15.9 Å². The molecule has 6 nitrogen and oxygen atoms in total. The number of nitrogens with zero attached hydrogens (tertiary/aromatic N) is 1. The van der Waals surface area contributed by atoms with E-state index in [1.807, 2.05) is 0 Å². The number of rotatable bonds is 4. The van der Waals surface area contributed by atoms with Gasteiger partial charge < -0.3 is 10.5 Å². The van der Waals surface area contributed by atoms with Gasteiger partial charge in [-0.15, -0.1) is 0 Å². The molecule has 2 aromatic rings. The van der Waals surface area contributed by atoms with Crippen molar-refractivity contribution in [3.8, 4) is 11.5 Å². The van der Waals surface area contributed by atoms with Crippen LogP contribution in [0.15, 0.2) is 30.3 Å². The molecule has 0 fully saturated rings. The average molecular weight is 362 g/mol. The Bertz CT molecular complexity index is 844. The Hall–Kier alpha value is -3.24. The summed E-state index contributed by atoms with van der Waals surface area (Å²) in [6.45, 7) is 0. The number of alkyl halides is 3. The van der Waals surface area contributed by atoms with Crippen molar-refractivity contribution < 1.29 is 36.4 Å². The third-order valence-electron chi connectivity index (χ3n) is 2.98. The predicted octanol–water partition coefficient (Wildman–Crippen LogP) is 3.78. The number of nitro groups is 1. The standard InChI is InChI=1S/C14H7F5N2O4/c15-9-3-6(14(17,18)19)4-10(16)12(9)25-7-1-2-11(21(23)24)8(5-7)13(20)22/h1-5H,(H2,20,22). The molecule has 0 aliphatic carbocycles. The van der Waals surface area contributed by atoms with Crippen LogP contribution >= 0.6 is 0 Å². The van der Waals surface area contributed by atoms with Crippen LogP contribution in [0.5, 0.6) is 11.5 Å². The number of carbonyl (C=O) groups excluding carboxylic acids is 1. The maximum atomic E-state index is 13.7. The van der Waals surface area contributed by atoms with Gasteiger partial charge in [0.05, 0.1) is 10.5 Å². The van der Waals surface area contributed by atoms with Gasteiger partial charge in [0, 0.05) is 12.1 Å². The number of benzene rings is 2. The van der Waals surface area contributed by atoms with E-state index in [0.717, 1.165) is 18.2 Å². The zero-order valence-corrected chi connectivity index (χ0v) is 11.9. The number of hydrogen-bond donors (Lipinski definition) is 1. The summed E-state index contributed by atoms with van der Waals surface area (Å²) in [4.78, 5) is 21.1. The normalized spacial score (nSPS) is 11.2. The van der Waals surface area contributed by atoms with Gasteiger partial charge in [0.1, 0.15) is 11.3 Å². The van der Waals surface area contributed by atoms with Gasteiger partial charge in [-0.3, -0.25) is 14.9 Å². The van der Waals surface area contributed by atoms with Crippen molar-refractivity contribution in [2.45, 2.75) is 6.18 Å². The number of nitro benzene ring substituents is 1. The number of carbonyl (C=O) groups is 1. The van der Waals surface area contributed by atoms with Crippen molar-refractivity contribution in [3.05, 3.63) is 63.2 Å². The van der Waals surface area contributed by atoms with E-state index in [1.54, 1.807) is 0 Å². The van der Waals surface area contributed by atoms with Crippen LogP contribution < -0.4 is 10.5 Å². The molecular weight excluding hydrogens is 355 g/mol. The Kier molecular flexibility index (Phi) is 4.59. The summed E-state index contributed by atoms with van der Waals surface area (Å²) in [5, 5.41) is 10.8. The van der Waals surface area contributed by atoms with Crippen LogP contribution in [-0.4, -0.2) is 10.8 Å². The van der Waals surface area contributed by atoms with Gasteiger partial charge in [0.15, 0.2) is 17.4 Å². The fourth-order valence-corrected chi connectivity index (χ4v) is 1.87. The summed E-state index contributed by atoms with van der Waals surface area (Å²) in [5.74, 6) is -6.10. The van der Waals surface area contributed by atoms with Crippen molar-refractivity contribution in [3.63, 3.8) is 0 Å². The summed E-state index contributed by atoms with van der Waals surface area (Å²) in [7, 11) is 0. The highest BCUT2D eigenvalue weighted by Gasteiger charge is 2.33. The summed E-state index contributed by atoms with van der Waals surface area (Å²) in [6.07, 6.45) is -4.97. The van der Waals surface area contributed by atoms with E-state index < -0.39 is 57.0 Å². The van der Waals surface area contributed by atoms with Crippen molar-refractivity contribution in [2.24, 2.45) is 5.73 Å². The van der Waals surface area contributed by atoms with Crippen molar-refractivity contribution >= 4 is 11.6 Å². The molecule has 2 aromatic carbocycles. The molecule has 0 atom stereocenters. The summed E-state index contributed by atoms with van der Waals surface area (Å²) < 4.78 is 69.7. The molecule has 11 heteroatoms. The van der Waals surface area contributed by atoms with Gasteiger partial charge in [-0.2, -0.15) is 13.2 Å². The Morgan fingerprint density at radius 1 is 1.12 bits per heavy atom. The number of halogens is 5. The van der Waals surface area contributed by atoms with Gasteiger partial charge in [-0.1, -0.05) is 0 Å². The summed E-state index contributed by atoms with van der Waals surface area (Å²) >= 11 is 0. The summed E-state index contributed by atoms with van der Waals surface area (Å²) in [5.41, 5.74) is 2.14. The van der Waals surface area contributed by atoms with Crippen LogP contribution in [0, 0.1) is 21.7 Å². The maximum Gasteiger partial charge on any atom is 0.416 e. The Morgan fingerprint density at radius 2 is 1.68 bits per heavy atom. The first-order valence-corrected chi connectivity index (χ1v) is 6.33. The molecular formula is C14H7F5N2O4. The van der Waals surface area contributed by atoms with E-state index in [9.17, 15) is 36.9 Å². The van der Waals surface area contributed by atoms with Gasteiger partial charge in [-0.05, 0) is 18.2 Å². The molecule has 0 spiro atoms. The molecule has 0 saturated heterocycles. The summed E-state index contributed by atoms with van der Waals surface area (Å²) in [6, 6.07) is 2.51. The van der Waals surface area contributed by atoms with E-state index in [1.165, 1.54) is 0 Å². The fraction of sp³-hybridized carbons (Fsp3) is 0.0714. The molecule has 0 aliphatic heterocycles.